The van der Waals surface area contributed by atoms with Crippen molar-refractivity contribution in [2.24, 2.45) is 22.1 Å². The van der Waals surface area contributed by atoms with E-state index < -0.39 is 5.60 Å². The third-order valence-electron chi connectivity index (χ3n) is 8.08. The number of allylic oxidation sites excluding steroid dienone is 1. The average molecular weight is 544 g/mol. The van der Waals surface area contributed by atoms with Crippen LogP contribution >= 0.6 is 23.4 Å². The largest absolute Gasteiger partial charge is 0.498 e. The van der Waals surface area contributed by atoms with Crippen LogP contribution in [0, 0.1) is 11.3 Å². The van der Waals surface area contributed by atoms with Gasteiger partial charge in [-0.15, -0.1) is 0 Å². The number of halogens is 1. The average Bonchev–Trinajstić information content (AvgIpc) is 3.11. The van der Waals surface area contributed by atoms with E-state index in [0.717, 1.165) is 78.5 Å². The number of rotatable bonds is 7. The number of ether oxygens (including phenoxy) is 1. The van der Waals surface area contributed by atoms with Gasteiger partial charge in [-0.1, -0.05) is 23.4 Å². The monoisotopic (exact) mass is 543 g/mol. The number of nitrogens with zero attached hydrogens (tertiary/aromatic N) is 6. The van der Waals surface area contributed by atoms with Gasteiger partial charge in [0.05, 0.1) is 41.9 Å². The summed E-state index contributed by atoms with van der Waals surface area (Å²) in [7, 11) is 1.65. The fraction of sp³-hybridized carbons (Fsp3) is 0.538. The molecule has 2 fully saturated rings. The van der Waals surface area contributed by atoms with E-state index in [-0.39, 0.29) is 17.4 Å². The molecule has 2 aromatic rings. The molecule has 2 aliphatic heterocycles. The van der Waals surface area contributed by atoms with Crippen LogP contribution in [0.25, 0.3) is 0 Å². The molecule has 198 valence electrons. The Balaban J connectivity index is 1.21. The SMILES string of the molecule is C=NC1=C(OC)[C@@H](N)C2(CCN(c3cnc(Sc4ccnc(N5CC(C(C)(C)O)C5)c4Cl)cn3)CC2)C1. The standard InChI is InChI=1S/C26H34ClN7O2S/c1-25(2,35)16-14-34(15-16)24-21(27)18(5-8-30-24)37-20-13-31-19(12-32-20)33-9-6-26(7-10-33)11-17(29-3)22(36-4)23(26)28/h5,8,12-13,16,23,35H,3,6-7,9-11,14-15,28H2,1-2,4H3/t23-/m1/s1. The number of anilines is 2. The minimum atomic E-state index is -0.708. The van der Waals surface area contributed by atoms with E-state index in [9.17, 15) is 5.11 Å². The lowest BCUT2D eigenvalue weighted by atomic mass is 9.73. The Labute approximate surface area is 227 Å². The highest BCUT2D eigenvalue weighted by Crippen LogP contribution is 2.49. The van der Waals surface area contributed by atoms with Gasteiger partial charge < -0.3 is 25.4 Å². The predicted molar refractivity (Wildman–Crippen MR) is 147 cm³/mol. The Morgan fingerprint density at radius 2 is 1.95 bits per heavy atom. The van der Waals surface area contributed by atoms with Gasteiger partial charge in [-0.2, -0.15) is 0 Å². The highest BCUT2D eigenvalue weighted by atomic mass is 35.5. The van der Waals surface area contributed by atoms with Crippen LogP contribution in [0.15, 0.2) is 51.0 Å². The van der Waals surface area contributed by atoms with Crippen molar-refractivity contribution in [1.82, 2.24) is 15.0 Å². The van der Waals surface area contributed by atoms with Gasteiger partial charge in [-0.3, -0.25) is 4.99 Å². The Bertz CT molecular complexity index is 1190. The van der Waals surface area contributed by atoms with Crippen LogP contribution < -0.4 is 15.5 Å². The number of aliphatic imine (C=N–C) groups is 1. The molecule has 3 aliphatic rings. The molecule has 1 spiro atoms. The lowest BCUT2D eigenvalue weighted by molar-refractivity contribution is 0.00438. The number of aliphatic hydroxyl groups is 1. The Kier molecular flexibility index (Phi) is 7.12. The van der Waals surface area contributed by atoms with E-state index in [1.165, 1.54) is 11.8 Å². The van der Waals surface area contributed by atoms with Gasteiger partial charge >= 0.3 is 0 Å². The minimum Gasteiger partial charge on any atom is -0.498 e. The number of nitrogens with two attached hydrogens (primary N) is 1. The van der Waals surface area contributed by atoms with Crippen LogP contribution in [0.2, 0.25) is 5.02 Å². The van der Waals surface area contributed by atoms with Crippen molar-refractivity contribution in [1.29, 1.82) is 0 Å². The van der Waals surface area contributed by atoms with Gasteiger partial charge in [0, 0.05) is 55.0 Å². The first-order valence-corrected chi connectivity index (χ1v) is 13.7. The summed E-state index contributed by atoms with van der Waals surface area (Å²) in [6, 6.07) is 1.74. The fourth-order valence-electron chi connectivity index (χ4n) is 5.49. The first kappa shape index (κ1) is 26.2. The van der Waals surface area contributed by atoms with Gasteiger partial charge in [0.15, 0.2) is 0 Å². The van der Waals surface area contributed by atoms with Gasteiger partial charge in [-0.05, 0) is 39.5 Å². The van der Waals surface area contributed by atoms with Crippen LogP contribution in [-0.2, 0) is 4.74 Å². The summed E-state index contributed by atoms with van der Waals surface area (Å²) in [4.78, 5) is 23.2. The maximum Gasteiger partial charge on any atom is 0.148 e. The second-order valence-corrected chi connectivity index (χ2v) is 12.1. The molecule has 2 aromatic heterocycles. The van der Waals surface area contributed by atoms with Gasteiger partial charge in [0.2, 0.25) is 0 Å². The number of piperidine rings is 1. The van der Waals surface area contributed by atoms with Crippen LogP contribution in [0.5, 0.6) is 0 Å². The van der Waals surface area contributed by atoms with E-state index in [2.05, 4.69) is 31.5 Å². The molecule has 1 atom stereocenters. The second kappa shape index (κ2) is 10.1. The molecule has 0 aromatic carbocycles. The quantitative estimate of drug-likeness (QED) is 0.504. The summed E-state index contributed by atoms with van der Waals surface area (Å²) >= 11 is 8.19. The summed E-state index contributed by atoms with van der Waals surface area (Å²) in [5.74, 6) is 2.57. The molecule has 3 N–H and O–H groups in total. The predicted octanol–water partition coefficient (Wildman–Crippen LogP) is 3.76. The van der Waals surface area contributed by atoms with Crippen LogP contribution in [0.1, 0.15) is 33.1 Å². The van der Waals surface area contributed by atoms with Crippen LogP contribution in [-0.4, -0.2) is 71.7 Å². The lowest BCUT2D eigenvalue weighted by Crippen LogP contribution is -2.56. The van der Waals surface area contributed by atoms with Crippen molar-refractivity contribution in [3.63, 3.8) is 0 Å². The first-order valence-electron chi connectivity index (χ1n) is 12.5. The third-order valence-corrected chi connectivity index (χ3v) is 9.55. The van der Waals surface area contributed by atoms with Crippen LogP contribution in [0.4, 0.5) is 11.6 Å². The first-order chi connectivity index (χ1) is 17.6. The van der Waals surface area contributed by atoms with Crippen molar-refractivity contribution in [2.45, 2.75) is 54.7 Å². The summed E-state index contributed by atoms with van der Waals surface area (Å²) < 4.78 is 5.54. The number of methoxy groups -OCH3 is 1. The van der Waals surface area contributed by atoms with Crippen molar-refractivity contribution in [3.05, 3.63) is 41.1 Å². The molecular formula is C26H34ClN7O2S. The zero-order valence-corrected chi connectivity index (χ0v) is 23.1. The normalized spacial score (nSPS) is 21.9. The van der Waals surface area contributed by atoms with E-state index >= 15 is 0 Å². The van der Waals surface area contributed by atoms with E-state index in [4.69, 9.17) is 27.1 Å². The molecule has 4 heterocycles. The smallest absolute Gasteiger partial charge is 0.148 e. The number of pyridine rings is 1. The molecule has 5 rings (SSSR count). The molecule has 0 unspecified atom stereocenters. The van der Waals surface area contributed by atoms with Gasteiger partial charge in [-0.25, -0.2) is 15.0 Å². The maximum absolute atomic E-state index is 10.2. The van der Waals surface area contributed by atoms with E-state index in [1.807, 2.05) is 26.1 Å². The maximum atomic E-state index is 10.2. The summed E-state index contributed by atoms with van der Waals surface area (Å²) in [5.41, 5.74) is 6.71. The Hall–Kier alpha value is -2.40. The third kappa shape index (κ3) is 4.92. The minimum absolute atomic E-state index is 0.0409. The number of hydrogen-bond donors (Lipinski definition) is 2. The van der Waals surface area contributed by atoms with Crippen molar-refractivity contribution in [3.8, 4) is 0 Å². The number of hydrogen-bond acceptors (Lipinski definition) is 10. The van der Waals surface area contributed by atoms with E-state index in [1.54, 1.807) is 19.5 Å². The van der Waals surface area contributed by atoms with E-state index in [0.29, 0.717) is 5.02 Å². The zero-order valence-electron chi connectivity index (χ0n) is 21.5. The summed E-state index contributed by atoms with van der Waals surface area (Å²) in [5, 5.41) is 11.6. The molecule has 1 aliphatic carbocycles. The molecule has 9 nitrogen and oxygen atoms in total. The molecule has 0 saturated carbocycles. The molecule has 0 bridgehead atoms. The summed E-state index contributed by atoms with van der Waals surface area (Å²) in [6.07, 6.45) is 8.04. The van der Waals surface area contributed by atoms with Crippen molar-refractivity contribution < 1.29 is 9.84 Å². The van der Waals surface area contributed by atoms with Gasteiger partial charge in [0.1, 0.15) is 22.4 Å². The second-order valence-electron chi connectivity index (χ2n) is 10.7. The Morgan fingerprint density at radius 3 is 2.51 bits per heavy atom. The highest BCUT2D eigenvalue weighted by Gasteiger charge is 2.48. The zero-order chi connectivity index (χ0) is 26.4. The van der Waals surface area contributed by atoms with Crippen molar-refractivity contribution >= 4 is 41.7 Å². The Morgan fingerprint density at radius 1 is 1.22 bits per heavy atom. The molecular weight excluding hydrogens is 510 g/mol. The molecule has 11 heteroatoms. The summed E-state index contributed by atoms with van der Waals surface area (Å²) in [6.45, 7) is 10.5. The molecule has 2 saturated heterocycles. The van der Waals surface area contributed by atoms with Gasteiger partial charge in [0.25, 0.3) is 0 Å². The fourth-order valence-corrected chi connectivity index (χ4v) is 6.58. The molecule has 0 amide bonds. The highest BCUT2D eigenvalue weighted by molar-refractivity contribution is 7.99. The topological polar surface area (TPSA) is 113 Å². The van der Waals surface area contributed by atoms with Crippen LogP contribution in [0.3, 0.4) is 0 Å². The molecule has 0 radical (unpaired) electrons. The lowest BCUT2D eigenvalue weighted by Gasteiger charge is -2.46. The number of aromatic nitrogens is 3. The molecule has 37 heavy (non-hydrogen) atoms. The van der Waals surface area contributed by atoms with Crippen molar-refractivity contribution in [2.75, 3.05) is 43.1 Å².